The Morgan fingerprint density at radius 1 is 1.10 bits per heavy atom. The third-order valence-electron chi connectivity index (χ3n) is 4.87. The fourth-order valence-corrected chi connectivity index (χ4v) is 4.44. The highest BCUT2D eigenvalue weighted by Gasteiger charge is 2.46. The van der Waals surface area contributed by atoms with Crippen LogP contribution < -0.4 is 5.32 Å². The van der Waals surface area contributed by atoms with Gasteiger partial charge in [0.2, 0.25) is 5.95 Å². The molecule has 4 rings (SSSR count). The van der Waals surface area contributed by atoms with Gasteiger partial charge in [0.15, 0.2) is 6.10 Å². The number of anilines is 1. The van der Waals surface area contributed by atoms with Gasteiger partial charge < -0.3 is 14.6 Å². The second-order valence-electron chi connectivity index (χ2n) is 6.83. The molecule has 2 heterocycles. The molecule has 0 bridgehead atoms. The molecule has 12 heteroatoms. The predicted molar refractivity (Wildman–Crippen MR) is 109 cm³/mol. The van der Waals surface area contributed by atoms with Gasteiger partial charge in [-0.2, -0.15) is 22.0 Å². The molecule has 3 aromatic rings. The van der Waals surface area contributed by atoms with Crippen molar-refractivity contribution in [3.63, 3.8) is 0 Å². The van der Waals surface area contributed by atoms with E-state index in [1.54, 1.807) is 0 Å². The van der Waals surface area contributed by atoms with Crippen molar-refractivity contribution in [2.45, 2.75) is 31.9 Å². The van der Waals surface area contributed by atoms with Crippen molar-refractivity contribution in [3.8, 4) is 11.1 Å². The van der Waals surface area contributed by atoms with Crippen molar-refractivity contribution < 1.29 is 26.7 Å². The number of hydrogen-bond acceptors (Lipinski definition) is 3. The van der Waals surface area contributed by atoms with E-state index in [1.807, 2.05) is 0 Å². The lowest BCUT2D eigenvalue weighted by Gasteiger charge is -2.24. The van der Waals surface area contributed by atoms with Crippen LogP contribution in [-0.2, 0) is 11.3 Å². The molecule has 0 spiro atoms. The fraction of sp³-hybridized carbons (Fsp3) is 0.316. The maximum absolute atomic E-state index is 13.8. The fourth-order valence-electron chi connectivity index (χ4n) is 3.64. The number of imidazole rings is 1. The van der Waals surface area contributed by atoms with Gasteiger partial charge in [-0.1, -0.05) is 40.9 Å². The first-order chi connectivity index (χ1) is 14.6. The molecule has 1 aliphatic rings. The van der Waals surface area contributed by atoms with E-state index in [1.165, 1.54) is 22.8 Å². The maximum atomic E-state index is 13.8. The summed E-state index contributed by atoms with van der Waals surface area (Å²) in [5.41, 5.74) is -0.166. The van der Waals surface area contributed by atoms with Crippen LogP contribution in [0.25, 0.3) is 22.2 Å². The third-order valence-corrected chi connectivity index (χ3v) is 5.80. The number of ether oxygens (including phenoxy) is 1. The zero-order chi connectivity index (χ0) is 22.5. The lowest BCUT2D eigenvalue weighted by molar-refractivity contribution is -0.276. The summed E-state index contributed by atoms with van der Waals surface area (Å²) in [4.78, 5) is 4.33. The maximum Gasteiger partial charge on any atom is 0.419 e. The van der Waals surface area contributed by atoms with Crippen LogP contribution in [0.3, 0.4) is 0 Å². The Bertz CT molecular complexity index is 1150. The van der Waals surface area contributed by atoms with Crippen LogP contribution in [0.15, 0.2) is 24.3 Å². The second-order valence-corrected chi connectivity index (χ2v) is 8.06. The van der Waals surface area contributed by atoms with Gasteiger partial charge in [0, 0.05) is 39.8 Å². The van der Waals surface area contributed by atoms with E-state index in [-0.39, 0.29) is 32.2 Å². The number of fused-ring (bicyclic) bond motifs is 3. The van der Waals surface area contributed by atoms with Gasteiger partial charge in [-0.25, -0.2) is 4.98 Å². The van der Waals surface area contributed by atoms with E-state index in [9.17, 15) is 22.0 Å². The second kappa shape index (κ2) is 8.27. The Kier molecular flexibility index (Phi) is 5.97. The quantitative estimate of drug-likeness (QED) is 0.382. The SMILES string of the molecule is FC(F)OC(c1cc(-c2ccc(Cl)cc2Cl)c(Cl)c2nc3n(c12)CCCN3)C(F)(F)F. The van der Waals surface area contributed by atoms with Gasteiger partial charge >= 0.3 is 12.8 Å². The zero-order valence-electron chi connectivity index (χ0n) is 15.4. The average molecular weight is 501 g/mol. The largest absolute Gasteiger partial charge is 0.419 e. The van der Waals surface area contributed by atoms with E-state index >= 15 is 0 Å². The summed E-state index contributed by atoms with van der Waals surface area (Å²) in [6.45, 7) is -2.76. The first-order valence-corrected chi connectivity index (χ1v) is 10.1. The molecule has 31 heavy (non-hydrogen) atoms. The van der Waals surface area contributed by atoms with E-state index in [0.29, 0.717) is 30.5 Å². The van der Waals surface area contributed by atoms with Crippen molar-refractivity contribution in [2.75, 3.05) is 11.9 Å². The minimum absolute atomic E-state index is 0.0241. The predicted octanol–water partition coefficient (Wildman–Crippen LogP) is 7.32. The van der Waals surface area contributed by atoms with Gasteiger partial charge in [0.05, 0.1) is 10.5 Å². The van der Waals surface area contributed by atoms with Crippen molar-refractivity contribution in [2.24, 2.45) is 0 Å². The van der Waals surface area contributed by atoms with E-state index in [0.717, 1.165) is 6.07 Å². The molecule has 0 aliphatic carbocycles. The van der Waals surface area contributed by atoms with Gasteiger partial charge in [-0.3, -0.25) is 0 Å². The molecule has 0 saturated heterocycles. The first kappa shape index (κ1) is 22.4. The summed E-state index contributed by atoms with van der Waals surface area (Å²) in [5, 5.41) is 3.45. The van der Waals surface area contributed by atoms with Crippen LogP contribution in [0.2, 0.25) is 15.1 Å². The lowest BCUT2D eigenvalue weighted by Crippen LogP contribution is -2.26. The molecule has 4 nitrogen and oxygen atoms in total. The molecule has 1 aliphatic heterocycles. The van der Waals surface area contributed by atoms with Crippen LogP contribution in [-0.4, -0.2) is 28.9 Å². The van der Waals surface area contributed by atoms with Crippen molar-refractivity contribution in [1.82, 2.24) is 9.55 Å². The van der Waals surface area contributed by atoms with Gasteiger partial charge in [0.25, 0.3) is 0 Å². The topological polar surface area (TPSA) is 39.1 Å². The van der Waals surface area contributed by atoms with Gasteiger partial charge in [-0.15, -0.1) is 0 Å². The summed E-state index contributed by atoms with van der Waals surface area (Å²) in [6, 6.07) is 5.44. The van der Waals surface area contributed by atoms with E-state index < -0.39 is 24.5 Å². The molecular weight excluding hydrogens is 488 g/mol. The van der Waals surface area contributed by atoms with Gasteiger partial charge in [-0.05, 0) is 24.6 Å². The van der Waals surface area contributed by atoms with Crippen molar-refractivity contribution in [3.05, 3.63) is 44.9 Å². The molecule has 1 unspecified atom stereocenters. The number of halogens is 8. The Labute approximate surface area is 187 Å². The minimum atomic E-state index is -5.12. The highest BCUT2D eigenvalue weighted by molar-refractivity contribution is 6.40. The minimum Gasteiger partial charge on any atom is -0.356 e. The summed E-state index contributed by atoms with van der Waals surface area (Å²) in [5.74, 6) is 0.293. The van der Waals surface area contributed by atoms with Gasteiger partial charge in [0.1, 0.15) is 5.52 Å². The first-order valence-electron chi connectivity index (χ1n) is 9.00. The number of nitrogens with one attached hydrogen (secondary N) is 1. The molecule has 2 aromatic carbocycles. The lowest BCUT2D eigenvalue weighted by atomic mass is 9.98. The molecule has 1 atom stereocenters. The van der Waals surface area contributed by atoms with Crippen LogP contribution in [0, 0.1) is 0 Å². The number of nitrogens with zero attached hydrogens (tertiary/aromatic N) is 2. The van der Waals surface area contributed by atoms with Crippen molar-refractivity contribution >= 4 is 51.8 Å². The third kappa shape index (κ3) is 4.16. The van der Waals surface area contributed by atoms with Crippen molar-refractivity contribution in [1.29, 1.82) is 0 Å². The van der Waals surface area contributed by atoms with Crippen LogP contribution in [0.4, 0.5) is 27.9 Å². The van der Waals surface area contributed by atoms with E-state index in [2.05, 4.69) is 15.0 Å². The Morgan fingerprint density at radius 2 is 1.84 bits per heavy atom. The molecule has 1 aromatic heterocycles. The molecule has 0 saturated carbocycles. The Balaban J connectivity index is 2.07. The average Bonchev–Trinajstić information content (AvgIpc) is 3.07. The number of alkyl halides is 5. The summed E-state index contributed by atoms with van der Waals surface area (Å²) < 4.78 is 72.9. The van der Waals surface area contributed by atoms with Crippen LogP contribution >= 0.6 is 34.8 Å². The molecular formula is C19H13Cl3F5N3O. The monoisotopic (exact) mass is 499 g/mol. The summed E-state index contributed by atoms with van der Waals surface area (Å²) in [7, 11) is 0. The number of rotatable bonds is 4. The molecule has 1 N–H and O–H groups in total. The van der Waals surface area contributed by atoms with E-state index in [4.69, 9.17) is 34.8 Å². The highest BCUT2D eigenvalue weighted by Crippen LogP contribution is 2.47. The molecule has 0 fully saturated rings. The molecule has 0 amide bonds. The number of aromatic nitrogens is 2. The van der Waals surface area contributed by atoms with Crippen LogP contribution in [0.5, 0.6) is 0 Å². The summed E-state index contributed by atoms with van der Waals surface area (Å²) >= 11 is 18.7. The zero-order valence-corrected chi connectivity index (χ0v) is 17.7. The smallest absolute Gasteiger partial charge is 0.356 e. The Hall–Kier alpha value is -1.81. The molecule has 0 radical (unpaired) electrons. The molecule has 166 valence electrons. The Morgan fingerprint density at radius 3 is 2.48 bits per heavy atom. The van der Waals surface area contributed by atoms with Crippen LogP contribution in [0.1, 0.15) is 18.1 Å². The standard InChI is InChI=1S/C19H13Cl3F5N3O/c20-8-2-3-9(12(21)6-8)10-7-11(16(19(25,26)27)31-17(23)24)15-14(13(10)22)29-18-28-4-1-5-30(15)18/h2-3,6-7,16-17H,1,4-5H2,(H,28,29). The number of aryl methyl sites for hydroxylation is 1. The number of hydrogen-bond donors (Lipinski definition) is 1. The highest BCUT2D eigenvalue weighted by atomic mass is 35.5. The summed E-state index contributed by atoms with van der Waals surface area (Å²) in [6.07, 6.45) is -7.42. The number of benzene rings is 2. The normalized spacial score (nSPS) is 15.3.